The number of imidazole rings is 1. The van der Waals surface area contributed by atoms with Crippen molar-refractivity contribution in [3.05, 3.63) is 47.5 Å². The molecule has 2 rings (SSSR count). The number of nitrogens with zero attached hydrogens (tertiary/aromatic N) is 1. The summed E-state index contributed by atoms with van der Waals surface area (Å²) in [5, 5.41) is 9.82. The van der Waals surface area contributed by atoms with E-state index < -0.39 is 5.91 Å². The molecule has 0 saturated carbocycles. The van der Waals surface area contributed by atoms with Crippen molar-refractivity contribution in [2.45, 2.75) is 6.42 Å². The predicted octanol–water partition coefficient (Wildman–Crippen LogP) is 0.805. The molecule has 5 heteroatoms. The van der Waals surface area contributed by atoms with E-state index >= 15 is 0 Å². The van der Waals surface area contributed by atoms with Gasteiger partial charge in [0, 0.05) is 23.9 Å². The summed E-state index contributed by atoms with van der Waals surface area (Å²) >= 11 is 0. The Labute approximate surface area is 91.9 Å². The number of phenols is 1. The molecule has 0 bridgehead atoms. The van der Waals surface area contributed by atoms with E-state index in [-0.39, 0.29) is 11.3 Å². The lowest BCUT2D eigenvalue weighted by atomic mass is 10.0. The van der Waals surface area contributed by atoms with Gasteiger partial charge in [-0.25, -0.2) is 4.98 Å². The molecule has 0 aliphatic heterocycles. The summed E-state index contributed by atoms with van der Waals surface area (Å²) < 4.78 is 0. The van der Waals surface area contributed by atoms with Gasteiger partial charge in [-0.3, -0.25) is 4.79 Å². The molecule has 0 aliphatic rings. The number of amides is 1. The number of nitrogens with one attached hydrogen (secondary N) is 1. The highest BCUT2D eigenvalue weighted by Gasteiger charge is 2.11. The number of nitrogens with two attached hydrogens (primary N) is 1. The van der Waals surface area contributed by atoms with Crippen LogP contribution in [-0.2, 0) is 6.42 Å². The van der Waals surface area contributed by atoms with Gasteiger partial charge in [0.25, 0.3) is 5.91 Å². The van der Waals surface area contributed by atoms with E-state index in [1.54, 1.807) is 24.7 Å². The van der Waals surface area contributed by atoms with E-state index in [0.717, 1.165) is 5.69 Å². The van der Waals surface area contributed by atoms with Gasteiger partial charge in [-0.15, -0.1) is 0 Å². The summed E-state index contributed by atoms with van der Waals surface area (Å²) in [6.45, 7) is 0. The predicted molar refractivity (Wildman–Crippen MR) is 58.0 cm³/mol. The minimum Gasteiger partial charge on any atom is -0.507 e. The summed E-state index contributed by atoms with van der Waals surface area (Å²) in [4.78, 5) is 17.8. The molecule has 82 valence electrons. The highest BCUT2D eigenvalue weighted by molar-refractivity contribution is 5.95. The van der Waals surface area contributed by atoms with E-state index in [0.29, 0.717) is 12.0 Å². The molecule has 1 aromatic carbocycles. The molecule has 0 radical (unpaired) electrons. The number of carbonyl (C=O) groups excluding carboxylic acids is 1. The Bertz CT molecular complexity index is 506. The molecule has 1 heterocycles. The first-order valence-electron chi connectivity index (χ1n) is 4.76. The van der Waals surface area contributed by atoms with Crippen molar-refractivity contribution in [3.63, 3.8) is 0 Å². The third-order valence-corrected chi connectivity index (χ3v) is 2.32. The van der Waals surface area contributed by atoms with Crippen LogP contribution in [0.2, 0.25) is 0 Å². The van der Waals surface area contributed by atoms with Crippen LogP contribution in [0.5, 0.6) is 5.75 Å². The Hall–Kier alpha value is -2.30. The zero-order valence-electron chi connectivity index (χ0n) is 8.47. The first-order chi connectivity index (χ1) is 7.68. The minimum atomic E-state index is -0.635. The zero-order chi connectivity index (χ0) is 11.5. The van der Waals surface area contributed by atoms with Crippen LogP contribution in [0, 0.1) is 0 Å². The van der Waals surface area contributed by atoms with Gasteiger partial charge in [0.05, 0.1) is 11.9 Å². The van der Waals surface area contributed by atoms with Crippen LogP contribution in [-0.4, -0.2) is 21.0 Å². The Balaban J connectivity index is 2.35. The number of para-hydroxylation sites is 1. The molecule has 0 unspecified atom stereocenters. The number of carbonyl (C=O) groups is 1. The van der Waals surface area contributed by atoms with Crippen LogP contribution in [0.3, 0.4) is 0 Å². The van der Waals surface area contributed by atoms with Crippen molar-refractivity contribution in [2.75, 3.05) is 0 Å². The second-order valence-corrected chi connectivity index (χ2v) is 3.43. The number of hydrogen-bond acceptors (Lipinski definition) is 3. The number of aromatic nitrogens is 2. The van der Waals surface area contributed by atoms with Crippen LogP contribution in [0.15, 0.2) is 30.7 Å². The first kappa shape index (κ1) is 10.2. The maximum absolute atomic E-state index is 11.0. The van der Waals surface area contributed by atoms with E-state index in [2.05, 4.69) is 9.97 Å². The second kappa shape index (κ2) is 4.06. The topological polar surface area (TPSA) is 92.0 Å². The third kappa shape index (κ3) is 1.88. The number of H-pyrrole nitrogens is 1. The quantitative estimate of drug-likeness (QED) is 0.710. The molecule has 0 fully saturated rings. The molecule has 1 amide bonds. The molecular weight excluding hydrogens is 206 g/mol. The SMILES string of the molecule is NC(=O)c1cccc(Cc2cnc[nH]2)c1O. The molecule has 1 aromatic heterocycles. The summed E-state index contributed by atoms with van der Waals surface area (Å²) in [5.74, 6) is -0.700. The van der Waals surface area contributed by atoms with E-state index in [1.165, 1.54) is 6.07 Å². The van der Waals surface area contributed by atoms with Gasteiger partial charge in [-0.2, -0.15) is 0 Å². The molecule has 16 heavy (non-hydrogen) atoms. The molecule has 0 aliphatic carbocycles. The lowest BCUT2D eigenvalue weighted by Gasteiger charge is -2.06. The Morgan fingerprint density at radius 2 is 2.31 bits per heavy atom. The lowest BCUT2D eigenvalue weighted by molar-refractivity contribution is 0.0997. The zero-order valence-corrected chi connectivity index (χ0v) is 8.47. The summed E-state index contributed by atoms with van der Waals surface area (Å²) in [7, 11) is 0. The number of aromatic amines is 1. The lowest BCUT2D eigenvalue weighted by Crippen LogP contribution is -2.11. The van der Waals surface area contributed by atoms with Crippen LogP contribution in [0.25, 0.3) is 0 Å². The molecule has 2 aromatic rings. The van der Waals surface area contributed by atoms with Gasteiger partial charge in [-0.05, 0) is 6.07 Å². The monoisotopic (exact) mass is 217 g/mol. The third-order valence-electron chi connectivity index (χ3n) is 2.32. The van der Waals surface area contributed by atoms with E-state index in [9.17, 15) is 9.90 Å². The van der Waals surface area contributed by atoms with Crippen molar-refractivity contribution < 1.29 is 9.90 Å². The largest absolute Gasteiger partial charge is 0.507 e. The van der Waals surface area contributed by atoms with Crippen LogP contribution in [0.1, 0.15) is 21.6 Å². The molecule has 0 atom stereocenters. The fraction of sp³-hybridized carbons (Fsp3) is 0.0909. The number of primary amides is 1. The molecule has 0 spiro atoms. The van der Waals surface area contributed by atoms with Crippen molar-refractivity contribution in [1.82, 2.24) is 9.97 Å². The van der Waals surface area contributed by atoms with E-state index in [1.807, 2.05) is 0 Å². The number of rotatable bonds is 3. The molecule has 4 N–H and O–H groups in total. The Morgan fingerprint density at radius 3 is 2.94 bits per heavy atom. The van der Waals surface area contributed by atoms with Gasteiger partial charge in [0.2, 0.25) is 0 Å². The van der Waals surface area contributed by atoms with E-state index in [4.69, 9.17) is 5.73 Å². The van der Waals surface area contributed by atoms with Gasteiger partial charge >= 0.3 is 0 Å². The minimum absolute atomic E-state index is 0.0652. The average molecular weight is 217 g/mol. The fourth-order valence-electron chi connectivity index (χ4n) is 1.52. The van der Waals surface area contributed by atoms with Crippen molar-refractivity contribution in [2.24, 2.45) is 5.73 Å². The van der Waals surface area contributed by atoms with Crippen molar-refractivity contribution >= 4 is 5.91 Å². The number of benzene rings is 1. The Kier molecular flexibility index (Phi) is 2.59. The number of hydrogen-bond donors (Lipinski definition) is 3. The normalized spacial score (nSPS) is 10.2. The number of aromatic hydroxyl groups is 1. The molecule has 0 saturated heterocycles. The first-order valence-corrected chi connectivity index (χ1v) is 4.76. The summed E-state index contributed by atoms with van der Waals surface area (Å²) in [6, 6.07) is 4.92. The van der Waals surface area contributed by atoms with Gasteiger partial charge < -0.3 is 15.8 Å². The standard InChI is InChI=1S/C11H11N3O2/c12-11(16)9-3-1-2-7(10(9)15)4-8-5-13-6-14-8/h1-3,5-6,15H,4H2,(H2,12,16)(H,13,14). The van der Waals surface area contributed by atoms with Crippen LogP contribution >= 0.6 is 0 Å². The summed E-state index contributed by atoms with van der Waals surface area (Å²) in [6.07, 6.45) is 3.70. The Morgan fingerprint density at radius 1 is 1.50 bits per heavy atom. The smallest absolute Gasteiger partial charge is 0.252 e. The molecular formula is C11H11N3O2. The highest BCUT2D eigenvalue weighted by Crippen LogP contribution is 2.23. The highest BCUT2D eigenvalue weighted by atomic mass is 16.3. The molecule has 5 nitrogen and oxygen atoms in total. The fourth-order valence-corrected chi connectivity index (χ4v) is 1.52. The van der Waals surface area contributed by atoms with Crippen molar-refractivity contribution in [1.29, 1.82) is 0 Å². The summed E-state index contributed by atoms with van der Waals surface area (Å²) in [5.41, 5.74) is 6.77. The van der Waals surface area contributed by atoms with Gasteiger partial charge in [0.15, 0.2) is 0 Å². The van der Waals surface area contributed by atoms with Gasteiger partial charge in [-0.1, -0.05) is 12.1 Å². The second-order valence-electron chi connectivity index (χ2n) is 3.43. The maximum Gasteiger partial charge on any atom is 0.252 e. The average Bonchev–Trinajstić information content (AvgIpc) is 2.73. The van der Waals surface area contributed by atoms with Crippen LogP contribution < -0.4 is 5.73 Å². The maximum atomic E-state index is 11.0. The van der Waals surface area contributed by atoms with Crippen molar-refractivity contribution in [3.8, 4) is 5.75 Å². The van der Waals surface area contributed by atoms with Gasteiger partial charge in [0.1, 0.15) is 5.75 Å². The van der Waals surface area contributed by atoms with Crippen LogP contribution in [0.4, 0.5) is 0 Å².